The van der Waals surface area contributed by atoms with Gasteiger partial charge in [0.15, 0.2) is 0 Å². The average Bonchev–Trinajstić information content (AvgIpc) is 3.18. The number of nitrogens with one attached hydrogen (secondary N) is 1. The quantitative estimate of drug-likeness (QED) is 0.848. The normalized spacial score (nSPS) is 28.0. The van der Waals surface area contributed by atoms with Gasteiger partial charge in [-0.2, -0.15) is 0 Å². The monoisotopic (exact) mass is 320 g/mol. The van der Waals surface area contributed by atoms with Crippen molar-refractivity contribution in [3.63, 3.8) is 0 Å². The fourth-order valence-electron chi connectivity index (χ4n) is 4.50. The van der Waals surface area contributed by atoms with Gasteiger partial charge in [0.25, 0.3) is 0 Å². The highest BCUT2D eigenvalue weighted by atomic mass is 15.1. The van der Waals surface area contributed by atoms with E-state index < -0.39 is 0 Å². The van der Waals surface area contributed by atoms with Gasteiger partial charge in [-0.15, -0.1) is 0 Å². The Kier molecular flexibility index (Phi) is 3.96. The van der Waals surface area contributed by atoms with Crippen molar-refractivity contribution in [2.24, 2.45) is 5.41 Å². The van der Waals surface area contributed by atoms with E-state index in [1.54, 1.807) is 0 Å². The Morgan fingerprint density at radius 2 is 1.79 bits per heavy atom. The summed E-state index contributed by atoms with van der Waals surface area (Å²) >= 11 is 0. The first-order chi connectivity index (χ1) is 11.6. The van der Waals surface area contributed by atoms with Gasteiger partial charge in [0.1, 0.15) is 0 Å². The van der Waals surface area contributed by atoms with Crippen molar-refractivity contribution in [3.05, 3.63) is 65.5 Å². The van der Waals surface area contributed by atoms with E-state index in [1.807, 2.05) is 6.20 Å². The minimum absolute atomic E-state index is 0.267. The van der Waals surface area contributed by atoms with Crippen LogP contribution in [0.15, 0.2) is 48.7 Å². The molecule has 1 N–H and O–H groups in total. The minimum Gasteiger partial charge on any atom is -0.308 e. The maximum Gasteiger partial charge on any atom is 0.0436 e. The maximum atomic E-state index is 4.59. The average molecular weight is 320 g/mol. The molecule has 0 aliphatic heterocycles. The van der Waals surface area contributed by atoms with E-state index in [4.69, 9.17) is 0 Å². The zero-order chi connectivity index (χ0) is 16.6. The second-order valence-electron chi connectivity index (χ2n) is 8.33. The molecule has 1 saturated carbocycles. The zero-order valence-electron chi connectivity index (χ0n) is 14.9. The van der Waals surface area contributed by atoms with Gasteiger partial charge in [-0.25, -0.2) is 0 Å². The summed E-state index contributed by atoms with van der Waals surface area (Å²) in [5, 5.41) is 4.09. The number of aromatic nitrogens is 1. The molecule has 2 nitrogen and oxygen atoms in total. The molecule has 24 heavy (non-hydrogen) atoms. The lowest BCUT2D eigenvalue weighted by atomic mass is 9.94. The summed E-state index contributed by atoms with van der Waals surface area (Å²) in [5.74, 6) is 0. The molecule has 1 heterocycles. The summed E-state index contributed by atoms with van der Waals surface area (Å²) < 4.78 is 0. The molecule has 126 valence electrons. The number of pyridine rings is 1. The number of benzene rings is 1. The number of aryl methyl sites for hydroxylation is 2. The molecule has 0 radical (unpaired) electrons. The summed E-state index contributed by atoms with van der Waals surface area (Å²) in [4.78, 5) is 4.59. The van der Waals surface area contributed by atoms with Crippen molar-refractivity contribution in [2.75, 3.05) is 0 Å². The Bertz CT molecular complexity index is 680. The van der Waals surface area contributed by atoms with Crippen LogP contribution in [0.4, 0.5) is 0 Å². The number of rotatable bonds is 4. The first kappa shape index (κ1) is 15.8. The molecule has 2 atom stereocenters. The van der Waals surface area contributed by atoms with E-state index in [2.05, 4.69) is 66.6 Å². The standard InChI is InChI=1S/C22H28N2/c1-21(2)16-22(21,15-17-7-4-3-5-8-17)24-19-11-10-18-9-6-14-23-20(18)13-12-19/h3-9,14,19,24H,10-13,15-16H2,1-2H3. The number of hydrogen-bond donors (Lipinski definition) is 1. The lowest BCUT2D eigenvalue weighted by molar-refractivity contribution is 0.326. The van der Waals surface area contributed by atoms with Gasteiger partial charge in [-0.3, -0.25) is 4.98 Å². The smallest absolute Gasteiger partial charge is 0.0436 e. The van der Waals surface area contributed by atoms with Gasteiger partial charge in [-0.05, 0) is 61.1 Å². The first-order valence-electron chi connectivity index (χ1n) is 9.32. The van der Waals surface area contributed by atoms with Crippen LogP contribution in [0, 0.1) is 5.41 Å². The summed E-state index contributed by atoms with van der Waals surface area (Å²) in [7, 11) is 0. The molecular weight excluding hydrogens is 292 g/mol. The fraction of sp³-hybridized carbons (Fsp3) is 0.500. The van der Waals surface area contributed by atoms with Crippen LogP contribution >= 0.6 is 0 Å². The predicted molar refractivity (Wildman–Crippen MR) is 99.1 cm³/mol. The third kappa shape index (κ3) is 3.00. The molecule has 1 aromatic heterocycles. The van der Waals surface area contributed by atoms with Crippen LogP contribution in [0.25, 0.3) is 0 Å². The summed E-state index contributed by atoms with van der Waals surface area (Å²) in [5.41, 5.74) is 4.88. The van der Waals surface area contributed by atoms with Crippen molar-refractivity contribution in [2.45, 2.75) is 64.0 Å². The Morgan fingerprint density at radius 3 is 2.54 bits per heavy atom. The molecule has 2 unspecified atom stereocenters. The number of hydrogen-bond acceptors (Lipinski definition) is 2. The highest BCUT2D eigenvalue weighted by Crippen LogP contribution is 2.57. The summed E-state index contributed by atoms with van der Waals surface area (Å²) in [6.45, 7) is 4.83. The van der Waals surface area contributed by atoms with E-state index in [9.17, 15) is 0 Å². The highest BCUT2D eigenvalue weighted by Gasteiger charge is 2.61. The molecule has 1 aromatic carbocycles. The van der Waals surface area contributed by atoms with Gasteiger partial charge in [0.05, 0.1) is 0 Å². The van der Waals surface area contributed by atoms with Crippen molar-refractivity contribution in [1.82, 2.24) is 10.3 Å². The van der Waals surface area contributed by atoms with Gasteiger partial charge >= 0.3 is 0 Å². The minimum atomic E-state index is 0.267. The van der Waals surface area contributed by atoms with Crippen molar-refractivity contribution < 1.29 is 0 Å². The van der Waals surface area contributed by atoms with Gasteiger partial charge < -0.3 is 5.32 Å². The maximum absolute atomic E-state index is 4.59. The third-order valence-electron chi connectivity index (χ3n) is 6.22. The van der Waals surface area contributed by atoms with Crippen molar-refractivity contribution in [3.8, 4) is 0 Å². The Balaban J connectivity index is 1.47. The second kappa shape index (κ2) is 6.00. The Labute approximate surface area is 145 Å². The van der Waals surface area contributed by atoms with Gasteiger partial charge in [0, 0.05) is 23.5 Å². The summed E-state index contributed by atoms with van der Waals surface area (Å²) in [6.07, 6.45) is 9.05. The van der Waals surface area contributed by atoms with E-state index >= 15 is 0 Å². The van der Waals surface area contributed by atoms with Crippen LogP contribution in [0.5, 0.6) is 0 Å². The fourth-order valence-corrected chi connectivity index (χ4v) is 4.50. The van der Waals surface area contributed by atoms with Gasteiger partial charge in [-0.1, -0.05) is 50.2 Å². The van der Waals surface area contributed by atoms with E-state index in [-0.39, 0.29) is 5.54 Å². The lowest BCUT2D eigenvalue weighted by Crippen LogP contribution is -2.45. The van der Waals surface area contributed by atoms with Crippen LogP contribution in [0.2, 0.25) is 0 Å². The van der Waals surface area contributed by atoms with Crippen molar-refractivity contribution >= 4 is 0 Å². The van der Waals surface area contributed by atoms with Crippen LogP contribution in [0.3, 0.4) is 0 Å². The molecule has 0 bridgehead atoms. The molecular formula is C22H28N2. The van der Waals surface area contributed by atoms with E-state index in [0.29, 0.717) is 11.5 Å². The zero-order valence-corrected chi connectivity index (χ0v) is 14.9. The molecule has 4 rings (SSSR count). The van der Waals surface area contributed by atoms with Crippen LogP contribution in [0.1, 0.15) is 49.9 Å². The molecule has 1 fully saturated rings. The van der Waals surface area contributed by atoms with E-state index in [0.717, 1.165) is 19.3 Å². The SMILES string of the molecule is CC1(C)CC1(Cc1ccccc1)NC1CCc2cccnc2CC1. The molecule has 0 spiro atoms. The van der Waals surface area contributed by atoms with Crippen LogP contribution in [-0.4, -0.2) is 16.6 Å². The number of nitrogens with zero attached hydrogens (tertiary/aromatic N) is 1. The first-order valence-corrected chi connectivity index (χ1v) is 9.32. The Morgan fingerprint density at radius 1 is 1.04 bits per heavy atom. The molecule has 2 aromatic rings. The predicted octanol–water partition coefficient (Wildman–Crippen LogP) is 4.33. The molecule has 2 aliphatic carbocycles. The highest BCUT2D eigenvalue weighted by molar-refractivity contribution is 5.28. The van der Waals surface area contributed by atoms with Crippen LogP contribution in [-0.2, 0) is 19.3 Å². The molecule has 0 amide bonds. The van der Waals surface area contributed by atoms with Gasteiger partial charge in [0.2, 0.25) is 0 Å². The second-order valence-corrected chi connectivity index (χ2v) is 8.33. The topological polar surface area (TPSA) is 24.9 Å². The number of fused-ring (bicyclic) bond motifs is 1. The lowest BCUT2D eigenvalue weighted by Gasteiger charge is -2.28. The molecule has 2 heteroatoms. The molecule has 0 saturated heterocycles. The van der Waals surface area contributed by atoms with E-state index in [1.165, 1.54) is 36.1 Å². The van der Waals surface area contributed by atoms with Crippen LogP contribution < -0.4 is 5.32 Å². The largest absolute Gasteiger partial charge is 0.308 e. The summed E-state index contributed by atoms with van der Waals surface area (Å²) in [6, 6.07) is 15.9. The molecule has 2 aliphatic rings. The third-order valence-corrected chi connectivity index (χ3v) is 6.22. The Hall–Kier alpha value is -1.67. The van der Waals surface area contributed by atoms with Crippen molar-refractivity contribution in [1.29, 1.82) is 0 Å².